The van der Waals surface area contributed by atoms with E-state index < -0.39 is 18.0 Å². The Balaban J connectivity index is 1.63. The first kappa shape index (κ1) is 21.4. The van der Waals surface area contributed by atoms with Crippen LogP contribution in [0, 0.1) is 0 Å². The third kappa shape index (κ3) is 3.21. The summed E-state index contributed by atoms with van der Waals surface area (Å²) < 4.78 is 27.6. The van der Waals surface area contributed by atoms with Crippen molar-refractivity contribution in [3.63, 3.8) is 0 Å². The number of nitrogens with zero attached hydrogens (tertiary/aromatic N) is 4. The average molecular weight is 494 g/mol. The smallest absolute Gasteiger partial charge is 0.414 e. The third-order valence-corrected chi connectivity index (χ3v) is 6.28. The van der Waals surface area contributed by atoms with Gasteiger partial charge in [0.05, 0.1) is 17.3 Å². The maximum absolute atomic E-state index is 14.7. The van der Waals surface area contributed by atoms with Crippen LogP contribution in [0.25, 0.3) is 11.3 Å². The zero-order valence-electron chi connectivity index (χ0n) is 18.3. The molecule has 3 aromatic rings. The molecule has 1 unspecified atom stereocenters. The van der Waals surface area contributed by atoms with Gasteiger partial charge in [-0.25, -0.2) is 13.6 Å². The monoisotopic (exact) mass is 493 g/mol. The fourth-order valence-electron chi connectivity index (χ4n) is 4.54. The second kappa shape index (κ2) is 7.95. The number of hydrogen-bond acceptors (Lipinski definition) is 6. The first-order valence-electron chi connectivity index (χ1n) is 10.8. The fourth-order valence-corrected chi connectivity index (χ4v) is 4.78. The van der Waals surface area contributed by atoms with Gasteiger partial charge in [0.2, 0.25) is 11.8 Å². The Bertz CT molecular complexity index is 1530. The van der Waals surface area contributed by atoms with Gasteiger partial charge in [0, 0.05) is 23.1 Å². The molecule has 1 N–H and O–H groups in total. The Morgan fingerprint density at radius 2 is 2.03 bits per heavy atom. The summed E-state index contributed by atoms with van der Waals surface area (Å²) in [6.07, 6.45) is 1.00. The largest absolute Gasteiger partial charge is 0.463 e. The average Bonchev–Trinajstić information content (AvgIpc) is 3.29. The van der Waals surface area contributed by atoms with Crippen LogP contribution in [0.2, 0.25) is 0 Å². The van der Waals surface area contributed by atoms with Crippen molar-refractivity contribution in [1.82, 2.24) is 14.6 Å². The molecular weight excluding hydrogens is 477 g/mol. The molecule has 9 nitrogen and oxygen atoms in total. The second-order valence-corrected chi connectivity index (χ2v) is 8.42. The van der Waals surface area contributed by atoms with E-state index in [2.05, 4.69) is 15.5 Å². The molecule has 0 radical (unpaired) electrons. The zero-order chi connectivity index (χ0) is 24.3. The van der Waals surface area contributed by atoms with E-state index in [1.54, 1.807) is 31.2 Å². The molecule has 0 fully saturated rings. The highest BCUT2D eigenvalue weighted by Gasteiger charge is 2.43. The lowest BCUT2D eigenvalue weighted by Crippen LogP contribution is -2.24. The van der Waals surface area contributed by atoms with Crippen molar-refractivity contribution < 1.29 is 23.5 Å². The van der Waals surface area contributed by atoms with E-state index >= 15 is 0 Å². The number of allylic oxidation sites excluding steroid dienone is 3. The van der Waals surface area contributed by atoms with E-state index in [1.807, 2.05) is 12.1 Å². The summed E-state index contributed by atoms with van der Waals surface area (Å²) in [4.78, 5) is 27.3. The SMILES string of the molecule is CCOC(=O)Nc1nnc2ccc3c(n12)OC1C(Cl)=CC=C(F)CC1=C1c2ccccc2C(=O)N13. The van der Waals surface area contributed by atoms with Crippen molar-refractivity contribution in [1.29, 1.82) is 0 Å². The Morgan fingerprint density at radius 3 is 2.83 bits per heavy atom. The highest BCUT2D eigenvalue weighted by atomic mass is 35.5. The molecule has 35 heavy (non-hydrogen) atoms. The number of aromatic nitrogens is 3. The quantitative estimate of drug-likeness (QED) is 0.550. The van der Waals surface area contributed by atoms with E-state index in [9.17, 15) is 14.0 Å². The molecule has 3 aliphatic rings. The molecule has 11 heteroatoms. The summed E-state index contributed by atoms with van der Waals surface area (Å²) in [7, 11) is 0. The number of halogens is 2. The number of fused-ring (bicyclic) bond motifs is 8. The van der Waals surface area contributed by atoms with Gasteiger partial charge in [-0.05, 0) is 37.3 Å². The Morgan fingerprint density at radius 1 is 1.23 bits per heavy atom. The van der Waals surface area contributed by atoms with Crippen LogP contribution in [0.3, 0.4) is 0 Å². The lowest BCUT2D eigenvalue weighted by molar-refractivity contribution is 0.100. The predicted molar refractivity (Wildman–Crippen MR) is 126 cm³/mol. The molecule has 176 valence electrons. The number of benzene rings is 1. The molecule has 2 aliphatic heterocycles. The molecule has 0 saturated carbocycles. The van der Waals surface area contributed by atoms with Crippen LogP contribution in [0.5, 0.6) is 5.88 Å². The van der Waals surface area contributed by atoms with Crippen LogP contribution in [0.4, 0.5) is 20.8 Å². The number of rotatable bonds is 2. The molecule has 0 saturated heterocycles. The second-order valence-electron chi connectivity index (χ2n) is 7.99. The normalized spacial score (nSPS) is 18.4. The van der Waals surface area contributed by atoms with Crippen molar-refractivity contribution in [2.24, 2.45) is 0 Å². The van der Waals surface area contributed by atoms with E-state index in [4.69, 9.17) is 21.1 Å². The van der Waals surface area contributed by atoms with Crippen molar-refractivity contribution in [3.8, 4) is 5.88 Å². The maximum Gasteiger partial charge on any atom is 0.414 e. The highest BCUT2D eigenvalue weighted by molar-refractivity contribution is 6.31. The van der Waals surface area contributed by atoms with E-state index in [-0.39, 0.29) is 35.8 Å². The zero-order valence-corrected chi connectivity index (χ0v) is 19.0. The molecule has 2 amide bonds. The minimum atomic E-state index is -0.901. The molecule has 1 atom stereocenters. The van der Waals surface area contributed by atoms with Crippen LogP contribution in [0.1, 0.15) is 29.3 Å². The first-order chi connectivity index (χ1) is 17.0. The van der Waals surface area contributed by atoms with Gasteiger partial charge in [-0.15, -0.1) is 10.2 Å². The van der Waals surface area contributed by atoms with Gasteiger partial charge in [0.25, 0.3) is 5.91 Å². The lowest BCUT2D eigenvalue weighted by Gasteiger charge is -2.20. The number of anilines is 2. The maximum atomic E-state index is 14.7. The Kier molecular flexibility index (Phi) is 4.85. The minimum Gasteiger partial charge on any atom is -0.463 e. The number of amides is 2. The lowest BCUT2D eigenvalue weighted by atomic mass is 9.98. The summed E-state index contributed by atoms with van der Waals surface area (Å²) in [5.74, 6) is -0.525. The standard InChI is InChI=1S/C24H17ClFN5O4/c1-2-34-24(33)27-23-29-28-18-10-9-17-22(31(18)23)35-20-15(11-12(26)7-8-16(20)25)19-13-5-3-4-6-14(13)21(32)30(17)19/h3-10,20H,2,11H2,1H3,(H,27,29,33). The number of carbonyl (C=O) groups excluding carboxylic acids is 2. The van der Waals surface area contributed by atoms with Crippen molar-refractivity contribution >= 4 is 46.6 Å². The fraction of sp³-hybridized carbons (Fsp3) is 0.167. The highest BCUT2D eigenvalue weighted by Crippen LogP contribution is 2.49. The number of pyridine rings is 1. The number of carbonyl (C=O) groups is 2. The van der Waals surface area contributed by atoms with Crippen LogP contribution in [0.15, 0.2) is 65.0 Å². The summed E-state index contributed by atoms with van der Waals surface area (Å²) in [5.41, 5.74) is 2.86. The van der Waals surface area contributed by atoms with Crippen LogP contribution in [-0.2, 0) is 4.74 Å². The van der Waals surface area contributed by atoms with Crippen LogP contribution >= 0.6 is 11.6 Å². The third-order valence-electron chi connectivity index (χ3n) is 5.95. The van der Waals surface area contributed by atoms with Gasteiger partial charge < -0.3 is 9.47 Å². The molecule has 2 aromatic heterocycles. The molecule has 0 bridgehead atoms. The van der Waals surface area contributed by atoms with E-state index in [0.717, 1.165) is 0 Å². The number of hydrogen-bond donors (Lipinski definition) is 1. The summed E-state index contributed by atoms with van der Waals surface area (Å²) in [5, 5.41) is 10.9. The molecule has 1 aromatic carbocycles. The number of ether oxygens (including phenoxy) is 2. The van der Waals surface area contributed by atoms with E-state index in [1.165, 1.54) is 21.5 Å². The van der Waals surface area contributed by atoms with Gasteiger partial charge in [-0.3, -0.25) is 15.0 Å². The molecule has 0 spiro atoms. The molecule has 6 rings (SSSR count). The van der Waals surface area contributed by atoms with Crippen LogP contribution in [-0.4, -0.2) is 39.3 Å². The Labute approximate surface area is 203 Å². The molecule has 4 heterocycles. The molecular formula is C24H17ClFN5O4. The van der Waals surface area contributed by atoms with Gasteiger partial charge in [0.15, 0.2) is 11.8 Å². The van der Waals surface area contributed by atoms with E-state index in [0.29, 0.717) is 33.7 Å². The van der Waals surface area contributed by atoms with Crippen molar-refractivity contribution in [2.75, 3.05) is 16.8 Å². The number of nitrogens with one attached hydrogen (secondary N) is 1. The van der Waals surface area contributed by atoms with Crippen LogP contribution < -0.4 is 15.0 Å². The summed E-state index contributed by atoms with van der Waals surface area (Å²) in [6.45, 7) is 1.84. The minimum absolute atomic E-state index is 0.0301. The van der Waals surface area contributed by atoms with Gasteiger partial charge in [-0.1, -0.05) is 29.8 Å². The van der Waals surface area contributed by atoms with Crippen molar-refractivity contribution in [3.05, 3.63) is 76.1 Å². The van der Waals surface area contributed by atoms with Crippen molar-refractivity contribution in [2.45, 2.75) is 19.4 Å². The topological polar surface area (TPSA) is 98.1 Å². The Hall–Kier alpha value is -4.18. The van der Waals surface area contributed by atoms with Gasteiger partial charge in [-0.2, -0.15) is 0 Å². The summed E-state index contributed by atoms with van der Waals surface area (Å²) >= 11 is 6.60. The van der Waals surface area contributed by atoms with Gasteiger partial charge >= 0.3 is 6.09 Å². The first-order valence-corrected chi connectivity index (χ1v) is 11.2. The predicted octanol–water partition coefficient (Wildman–Crippen LogP) is 4.81. The van der Waals surface area contributed by atoms with Gasteiger partial charge in [0.1, 0.15) is 11.5 Å². The molecule has 1 aliphatic carbocycles. The summed E-state index contributed by atoms with van der Waals surface area (Å²) in [6, 6.07) is 10.4.